The van der Waals surface area contributed by atoms with E-state index in [-0.39, 0.29) is 17.2 Å². The second-order valence-electron chi connectivity index (χ2n) is 9.62. The van der Waals surface area contributed by atoms with Gasteiger partial charge in [0.25, 0.3) is 5.56 Å². The molecule has 1 amide bonds. The summed E-state index contributed by atoms with van der Waals surface area (Å²) in [4.78, 5) is 40.4. The van der Waals surface area contributed by atoms with Crippen molar-refractivity contribution in [2.24, 2.45) is 5.92 Å². The van der Waals surface area contributed by atoms with E-state index in [4.69, 9.17) is 16.3 Å². The van der Waals surface area contributed by atoms with Gasteiger partial charge in [-0.1, -0.05) is 11.6 Å². The highest BCUT2D eigenvalue weighted by Gasteiger charge is 2.31. The van der Waals surface area contributed by atoms with Gasteiger partial charge in [-0.2, -0.15) is 5.10 Å². The maximum absolute atomic E-state index is 12.5. The number of aromatic amines is 1. The van der Waals surface area contributed by atoms with Crippen LogP contribution in [0.5, 0.6) is 0 Å². The van der Waals surface area contributed by atoms with E-state index in [2.05, 4.69) is 17.0 Å². The molecule has 0 radical (unpaired) electrons. The summed E-state index contributed by atoms with van der Waals surface area (Å²) in [5.74, 6) is 0.415. The molecule has 1 aliphatic heterocycles. The first-order valence-electron chi connectivity index (χ1n) is 11.0. The lowest BCUT2D eigenvalue weighted by atomic mass is 9.87. The predicted octanol–water partition coefficient (Wildman–Crippen LogP) is 3.41. The Balaban J connectivity index is 1.52. The number of amides is 1. The van der Waals surface area contributed by atoms with Crippen molar-refractivity contribution in [1.29, 1.82) is 0 Å². The largest absolute Gasteiger partial charge is 0.444 e. The third kappa shape index (κ3) is 4.98. The second kappa shape index (κ2) is 8.70. The minimum Gasteiger partial charge on any atom is -0.444 e. The van der Waals surface area contributed by atoms with Crippen LogP contribution < -0.4 is 11.2 Å². The molecule has 1 aliphatic rings. The Morgan fingerprint density at radius 1 is 1.33 bits per heavy atom. The van der Waals surface area contributed by atoms with Crippen LogP contribution in [0.1, 0.15) is 46.1 Å². The van der Waals surface area contributed by atoms with E-state index in [9.17, 15) is 14.4 Å². The van der Waals surface area contributed by atoms with Crippen molar-refractivity contribution in [2.45, 2.75) is 58.6 Å². The highest BCUT2D eigenvalue weighted by atomic mass is 35.5. The number of halogens is 1. The minimum absolute atomic E-state index is 0.0733. The molecule has 3 aromatic heterocycles. The van der Waals surface area contributed by atoms with Gasteiger partial charge in [0.2, 0.25) is 0 Å². The molecule has 1 saturated heterocycles. The van der Waals surface area contributed by atoms with Crippen LogP contribution in [0.3, 0.4) is 0 Å². The Labute approximate surface area is 195 Å². The first kappa shape index (κ1) is 23.1. The van der Waals surface area contributed by atoms with E-state index in [0.717, 1.165) is 30.3 Å². The van der Waals surface area contributed by atoms with Gasteiger partial charge in [0, 0.05) is 25.0 Å². The average Bonchev–Trinajstić information content (AvgIpc) is 3.12. The van der Waals surface area contributed by atoms with Crippen molar-refractivity contribution in [3.8, 4) is 5.69 Å². The van der Waals surface area contributed by atoms with Crippen molar-refractivity contribution in [3.05, 3.63) is 62.1 Å². The molecule has 0 saturated carbocycles. The Morgan fingerprint density at radius 2 is 2.09 bits per heavy atom. The molecule has 4 heterocycles. The molecule has 1 N–H and O–H groups in total. The smallest absolute Gasteiger partial charge is 0.410 e. The SMILES string of the molecule is C[C@H]1C[C@H](Cc2ccn3ncc(-n4cc(Cl)c(=O)[nH]c4=O)c3c2)CCN1C(=O)OC(C)(C)C. The van der Waals surface area contributed by atoms with Crippen LogP contribution in [0.4, 0.5) is 4.79 Å². The Hall–Kier alpha value is -3.07. The maximum Gasteiger partial charge on any atom is 0.410 e. The van der Waals surface area contributed by atoms with Crippen LogP contribution in [0, 0.1) is 5.92 Å². The quantitative estimate of drug-likeness (QED) is 0.628. The number of fused-ring (bicyclic) bond motifs is 1. The molecule has 4 rings (SSSR count). The van der Waals surface area contributed by atoms with Gasteiger partial charge < -0.3 is 9.64 Å². The van der Waals surface area contributed by atoms with Gasteiger partial charge in [-0.25, -0.2) is 14.1 Å². The van der Waals surface area contributed by atoms with Crippen LogP contribution in [0.2, 0.25) is 5.02 Å². The number of likely N-dealkylation sites (tertiary alicyclic amines) is 1. The number of carbonyl (C=O) groups is 1. The van der Waals surface area contributed by atoms with Crippen LogP contribution in [0.15, 0.2) is 40.3 Å². The van der Waals surface area contributed by atoms with Crippen molar-refractivity contribution in [2.75, 3.05) is 6.54 Å². The van der Waals surface area contributed by atoms with E-state index in [1.54, 1.807) is 10.7 Å². The number of piperidine rings is 1. The number of carbonyl (C=O) groups excluding carboxylic acids is 1. The summed E-state index contributed by atoms with van der Waals surface area (Å²) in [6, 6.07) is 4.10. The lowest BCUT2D eigenvalue weighted by Gasteiger charge is -2.38. The van der Waals surface area contributed by atoms with Crippen LogP contribution in [0.25, 0.3) is 11.2 Å². The van der Waals surface area contributed by atoms with Gasteiger partial charge in [0.15, 0.2) is 0 Å². The molecular weight excluding hydrogens is 446 g/mol. The Bertz CT molecular complexity index is 1300. The number of ether oxygens (including phenoxy) is 1. The highest BCUT2D eigenvalue weighted by Crippen LogP contribution is 2.28. The minimum atomic E-state index is -0.623. The zero-order valence-corrected chi connectivity index (χ0v) is 19.9. The molecule has 2 atom stereocenters. The topological polar surface area (TPSA) is 102 Å². The summed E-state index contributed by atoms with van der Waals surface area (Å²) in [6.45, 7) is 8.34. The fourth-order valence-corrected chi connectivity index (χ4v) is 4.48. The summed E-state index contributed by atoms with van der Waals surface area (Å²) in [5.41, 5.74) is 0.667. The Kier molecular flexibility index (Phi) is 6.09. The fourth-order valence-electron chi connectivity index (χ4n) is 4.33. The molecule has 0 aromatic carbocycles. The van der Waals surface area contributed by atoms with Crippen LogP contribution in [-0.2, 0) is 11.2 Å². The summed E-state index contributed by atoms with van der Waals surface area (Å²) in [5, 5.41) is 4.24. The summed E-state index contributed by atoms with van der Waals surface area (Å²) < 4.78 is 8.51. The molecule has 1 fully saturated rings. The van der Waals surface area contributed by atoms with Gasteiger partial charge in [-0.15, -0.1) is 0 Å². The van der Waals surface area contributed by atoms with Crippen molar-refractivity contribution in [1.82, 2.24) is 24.1 Å². The van der Waals surface area contributed by atoms with Crippen molar-refractivity contribution < 1.29 is 9.53 Å². The second-order valence-corrected chi connectivity index (χ2v) is 10.0. The van der Waals surface area contributed by atoms with Gasteiger partial charge in [0.05, 0.1) is 17.4 Å². The molecule has 0 bridgehead atoms. The molecule has 10 heteroatoms. The normalized spacial score (nSPS) is 19.1. The van der Waals surface area contributed by atoms with E-state index in [0.29, 0.717) is 18.2 Å². The lowest BCUT2D eigenvalue weighted by molar-refractivity contribution is 0.00719. The van der Waals surface area contributed by atoms with Crippen LogP contribution >= 0.6 is 11.6 Å². The standard InChI is InChI=1S/C23H28ClN5O4/c1-14-9-15(5-7-27(14)22(32)33-23(2,3)4)10-16-6-8-29-18(11-16)19(12-25-29)28-13-17(24)20(30)26-21(28)31/h6,8,11-15H,5,7,9-10H2,1-4H3,(H,26,30,31)/t14-,15+/m0/s1. The molecule has 176 valence electrons. The molecule has 33 heavy (non-hydrogen) atoms. The number of H-pyrrole nitrogens is 1. The molecule has 0 aliphatic carbocycles. The molecule has 0 spiro atoms. The Morgan fingerprint density at radius 3 is 2.79 bits per heavy atom. The summed E-state index contributed by atoms with van der Waals surface area (Å²) >= 11 is 5.93. The maximum atomic E-state index is 12.5. The number of hydrogen-bond donors (Lipinski definition) is 1. The zero-order chi connectivity index (χ0) is 23.9. The fraction of sp³-hybridized carbons (Fsp3) is 0.478. The number of aromatic nitrogens is 4. The lowest BCUT2D eigenvalue weighted by Crippen LogP contribution is -2.47. The van der Waals surface area contributed by atoms with Gasteiger partial charge in [0.1, 0.15) is 10.6 Å². The van der Waals surface area contributed by atoms with Crippen LogP contribution in [-0.4, -0.2) is 48.3 Å². The van der Waals surface area contributed by atoms with Gasteiger partial charge in [-0.05, 0) is 70.6 Å². The molecule has 3 aromatic rings. The third-order valence-corrected chi connectivity index (χ3v) is 6.13. The predicted molar refractivity (Wildman–Crippen MR) is 125 cm³/mol. The van der Waals surface area contributed by atoms with E-state index >= 15 is 0 Å². The molecule has 0 unspecified atom stereocenters. The number of rotatable bonds is 3. The van der Waals surface area contributed by atoms with Crippen molar-refractivity contribution >= 4 is 23.2 Å². The monoisotopic (exact) mass is 473 g/mol. The summed E-state index contributed by atoms with van der Waals surface area (Å²) in [6.07, 6.45) is 7.07. The third-order valence-electron chi connectivity index (χ3n) is 5.86. The van der Waals surface area contributed by atoms with E-state index in [1.165, 1.54) is 10.8 Å². The van der Waals surface area contributed by atoms with E-state index < -0.39 is 16.9 Å². The molecular formula is C23H28ClN5O4. The summed E-state index contributed by atoms with van der Waals surface area (Å²) in [7, 11) is 0. The number of nitrogens with one attached hydrogen (secondary N) is 1. The van der Waals surface area contributed by atoms with Crippen molar-refractivity contribution in [3.63, 3.8) is 0 Å². The molecule has 9 nitrogen and oxygen atoms in total. The van der Waals surface area contributed by atoms with Gasteiger partial charge >= 0.3 is 11.8 Å². The number of pyridine rings is 1. The average molecular weight is 474 g/mol. The van der Waals surface area contributed by atoms with Gasteiger partial charge in [-0.3, -0.25) is 14.3 Å². The highest BCUT2D eigenvalue weighted by molar-refractivity contribution is 6.30. The first-order valence-corrected chi connectivity index (χ1v) is 11.4. The van der Waals surface area contributed by atoms with E-state index in [1.807, 2.05) is 44.0 Å². The number of nitrogens with zero attached hydrogens (tertiary/aromatic N) is 4. The first-order chi connectivity index (χ1) is 15.5. The zero-order valence-electron chi connectivity index (χ0n) is 19.2. The number of hydrogen-bond acceptors (Lipinski definition) is 5.